The van der Waals surface area contributed by atoms with Crippen molar-refractivity contribution >= 4 is 23.6 Å². The second-order valence-electron chi connectivity index (χ2n) is 4.05. The Hall–Kier alpha value is -0.970. The summed E-state index contributed by atoms with van der Waals surface area (Å²) < 4.78 is 0. The molecule has 18 heavy (non-hydrogen) atoms. The van der Waals surface area contributed by atoms with Gasteiger partial charge in [0, 0.05) is 6.42 Å². The van der Waals surface area contributed by atoms with Crippen LogP contribution in [-0.2, 0) is 9.59 Å². The van der Waals surface area contributed by atoms with Crippen LogP contribution in [0.3, 0.4) is 0 Å². The SMILES string of the molecule is CC=CCCCCC(=O)N[C@@H](CCSC)C(=O)O. The van der Waals surface area contributed by atoms with Gasteiger partial charge in [0.1, 0.15) is 6.04 Å². The molecule has 0 heterocycles. The van der Waals surface area contributed by atoms with Crippen LogP contribution in [0.25, 0.3) is 0 Å². The first-order chi connectivity index (χ1) is 8.61. The molecule has 0 aromatic rings. The number of rotatable bonds is 10. The molecule has 0 aliphatic rings. The lowest BCUT2D eigenvalue weighted by Crippen LogP contribution is -2.41. The van der Waals surface area contributed by atoms with E-state index in [1.165, 1.54) is 0 Å². The zero-order chi connectivity index (χ0) is 13.8. The summed E-state index contributed by atoms with van der Waals surface area (Å²) in [5.74, 6) is -0.381. The molecule has 0 fully saturated rings. The van der Waals surface area contributed by atoms with E-state index in [2.05, 4.69) is 11.4 Å². The molecule has 0 rings (SSSR count). The minimum absolute atomic E-state index is 0.163. The van der Waals surface area contributed by atoms with Gasteiger partial charge in [0.05, 0.1) is 0 Å². The van der Waals surface area contributed by atoms with Crippen LogP contribution in [0.1, 0.15) is 39.0 Å². The molecule has 0 aliphatic heterocycles. The number of hydrogen-bond acceptors (Lipinski definition) is 3. The fraction of sp³-hybridized carbons (Fsp3) is 0.692. The summed E-state index contributed by atoms with van der Waals surface area (Å²) in [6.07, 6.45) is 9.58. The van der Waals surface area contributed by atoms with E-state index in [-0.39, 0.29) is 5.91 Å². The fourth-order valence-corrected chi connectivity index (χ4v) is 1.95. The van der Waals surface area contributed by atoms with E-state index in [0.717, 1.165) is 25.0 Å². The average molecular weight is 273 g/mol. The van der Waals surface area contributed by atoms with Crippen molar-refractivity contribution in [1.29, 1.82) is 0 Å². The average Bonchev–Trinajstić information content (AvgIpc) is 2.33. The van der Waals surface area contributed by atoms with E-state index in [1.54, 1.807) is 11.8 Å². The number of carbonyl (C=O) groups excluding carboxylic acids is 1. The Morgan fingerprint density at radius 3 is 2.67 bits per heavy atom. The van der Waals surface area contributed by atoms with Crippen LogP contribution in [0.4, 0.5) is 0 Å². The van der Waals surface area contributed by atoms with Gasteiger partial charge in [0.15, 0.2) is 0 Å². The molecule has 0 aromatic heterocycles. The summed E-state index contributed by atoms with van der Waals surface area (Å²) in [4.78, 5) is 22.5. The summed E-state index contributed by atoms with van der Waals surface area (Å²) >= 11 is 1.58. The van der Waals surface area contributed by atoms with Crippen molar-refractivity contribution < 1.29 is 14.7 Å². The van der Waals surface area contributed by atoms with Gasteiger partial charge < -0.3 is 10.4 Å². The molecule has 1 atom stereocenters. The molecule has 104 valence electrons. The van der Waals surface area contributed by atoms with E-state index in [0.29, 0.717) is 12.8 Å². The Balaban J connectivity index is 3.84. The first kappa shape index (κ1) is 17.0. The summed E-state index contributed by atoms with van der Waals surface area (Å²) in [5.41, 5.74) is 0. The Morgan fingerprint density at radius 2 is 2.11 bits per heavy atom. The normalized spacial score (nSPS) is 12.6. The van der Waals surface area contributed by atoms with E-state index in [1.807, 2.05) is 19.3 Å². The molecule has 0 saturated carbocycles. The summed E-state index contributed by atoms with van der Waals surface area (Å²) in [6, 6.07) is -0.750. The number of aliphatic carboxylic acids is 1. The van der Waals surface area contributed by atoms with Gasteiger partial charge in [-0.15, -0.1) is 0 Å². The van der Waals surface area contributed by atoms with Gasteiger partial charge in [-0.1, -0.05) is 12.2 Å². The van der Waals surface area contributed by atoms with Gasteiger partial charge in [-0.25, -0.2) is 4.79 Å². The minimum atomic E-state index is -0.952. The fourth-order valence-electron chi connectivity index (χ4n) is 1.47. The highest BCUT2D eigenvalue weighted by Gasteiger charge is 2.18. The molecule has 0 unspecified atom stereocenters. The Morgan fingerprint density at radius 1 is 1.39 bits per heavy atom. The van der Waals surface area contributed by atoms with E-state index in [9.17, 15) is 9.59 Å². The van der Waals surface area contributed by atoms with Crippen LogP contribution >= 0.6 is 11.8 Å². The molecule has 4 nitrogen and oxygen atoms in total. The van der Waals surface area contributed by atoms with Crippen molar-refractivity contribution in [3.8, 4) is 0 Å². The molecule has 1 amide bonds. The van der Waals surface area contributed by atoms with Crippen molar-refractivity contribution in [2.75, 3.05) is 12.0 Å². The number of nitrogens with one attached hydrogen (secondary N) is 1. The smallest absolute Gasteiger partial charge is 0.326 e. The first-order valence-corrected chi connectivity index (χ1v) is 7.63. The molecule has 0 saturated heterocycles. The number of carbonyl (C=O) groups is 2. The van der Waals surface area contributed by atoms with Gasteiger partial charge >= 0.3 is 5.97 Å². The van der Waals surface area contributed by atoms with Gasteiger partial charge in [-0.2, -0.15) is 11.8 Å². The lowest BCUT2D eigenvalue weighted by molar-refractivity contribution is -0.141. The van der Waals surface area contributed by atoms with Crippen LogP contribution in [-0.4, -0.2) is 35.0 Å². The predicted molar refractivity (Wildman–Crippen MR) is 75.8 cm³/mol. The zero-order valence-electron chi connectivity index (χ0n) is 11.1. The minimum Gasteiger partial charge on any atom is -0.480 e. The number of allylic oxidation sites excluding steroid dienone is 2. The number of amides is 1. The van der Waals surface area contributed by atoms with Crippen LogP contribution in [0, 0.1) is 0 Å². The molecule has 0 spiro atoms. The summed E-state index contributed by atoms with van der Waals surface area (Å²) in [5, 5.41) is 11.5. The molecular weight excluding hydrogens is 250 g/mol. The third-order valence-electron chi connectivity index (χ3n) is 2.50. The highest BCUT2D eigenvalue weighted by Crippen LogP contribution is 2.04. The van der Waals surface area contributed by atoms with Gasteiger partial charge in [0.25, 0.3) is 0 Å². The van der Waals surface area contributed by atoms with Gasteiger partial charge in [0.2, 0.25) is 5.91 Å². The molecule has 0 aromatic carbocycles. The number of thioether (sulfide) groups is 1. The van der Waals surface area contributed by atoms with Gasteiger partial charge in [-0.05, 0) is 44.6 Å². The summed E-state index contributed by atoms with van der Waals surface area (Å²) in [6.45, 7) is 1.97. The van der Waals surface area contributed by atoms with Crippen molar-refractivity contribution in [2.24, 2.45) is 0 Å². The maximum atomic E-state index is 11.6. The number of carboxylic acid groups (broad SMARTS) is 1. The first-order valence-electron chi connectivity index (χ1n) is 6.24. The number of unbranched alkanes of at least 4 members (excludes halogenated alkanes) is 2. The zero-order valence-corrected chi connectivity index (χ0v) is 12.0. The monoisotopic (exact) mass is 273 g/mol. The van der Waals surface area contributed by atoms with Crippen molar-refractivity contribution in [2.45, 2.75) is 45.1 Å². The third-order valence-corrected chi connectivity index (χ3v) is 3.15. The Bertz CT molecular complexity index is 279. The molecule has 0 bridgehead atoms. The maximum Gasteiger partial charge on any atom is 0.326 e. The van der Waals surface area contributed by atoms with E-state index >= 15 is 0 Å². The molecule has 2 N–H and O–H groups in total. The molecule has 0 aliphatic carbocycles. The Kier molecular flexibility index (Phi) is 10.5. The lowest BCUT2D eigenvalue weighted by atomic mass is 10.1. The van der Waals surface area contributed by atoms with Crippen molar-refractivity contribution in [3.63, 3.8) is 0 Å². The molecule has 0 radical (unpaired) electrons. The van der Waals surface area contributed by atoms with E-state index in [4.69, 9.17) is 5.11 Å². The van der Waals surface area contributed by atoms with Crippen LogP contribution in [0.2, 0.25) is 0 Å². The number of hydrogen-bond donors (Lipinski definition) is 2. The standard InChI is InChI=1S/C13H23NO3S/c1-3-4-5-6-7-8-12(15)14-11(13(16)17)9-10-18-2/h3-4,11H,5-10H2,1-2H3,(H,14,15)(H,16,17)/t11-/m0/s1. The number of carboxylic acids is 1. The lowest BCUT2D eigenvalue weighted by Gasteiger charge is -2.13. The maximum absolute atomic E-state index is 11.6. The largest absolute Gasteiger partial charge is 0.480 e. The van der Waals surface area contributed by atoms with Crippen LogP contribution < -0.4 is 5.32 Å². The topological polar surface area (TPSA) is 66.4 Å². The highest BCUT2D eigenvalue weighted by molar-refractivity contribution is 7.98. The Labute approximate surface area is 113 Å². The van der Waals surface area contributed by atoms with Crippen molar-refractivity contribution in [3.05, 3.63) is 12.2 Å². The summed E-state index contributed by atoms with van der Waals surface area (Å²) in [7, 11) is 0. The second-order valence-corrected chi connectivity index (χ2v) is 5.04. The predicted octanol–water partition coefficient (Wildman–Crippen LogP) is 2.45. The van der Waals surface area contributed by atoms with Crippen LogP contribution in [0.5, 0.6) is 0 Å². The van der Waals surface area contributed by atoms with E-state index < -0.39 is 12.0 Å². The van der Waals surface area contributed by atoms with Gasteiger partial charge in [-0.3, -0.25) is 4.79 Å². The van der Waals surface area contributed by atoms with Crippen LogP contribution in [0.15, 0.2) is 12.2 Å². The highest BCUT2D eigenvalue weighted by atomic mass is 32.2. The third kappa shape index (κ3) is 9.10. The second kappa shape index (κ2) is 11.1. The molecular formula is C13H23NO3S. The quantitative estimate of drug-likeness (QED) is 0.474. The van der Waals surface area contributed by atoms with Crippen molar-refractivity contribution in [1.82, 2.24) is 5.32 Å². The molecule has 5 heteroatoms.